The van der Waals surface area contributed by atoms with Crippen LogP contribution in [0, 0.1) is 0 Å². The number of hydrogen-bond donors (Lipinski definition) is 3. The van der Waals surface area contributed by atoms with E-state index in [1.54, 1.807) is 4.90 Å². The van der Waals surface area contributed by atoms with Gasteiger partial charge in [0, 0.05) is 26.1 Å². The van der Waals surface area contributed by atoms with Crippen LogP contribution in [0.5, 0.6) is 0 Å². The molecule has 1 amide bonds. The SMILES string of the molecule is CCCCCCCCCCCCCCCC(=O)N(CCO)CCNCC(=O)O. The zero-order valence-corrected chi connectivity index (χ0v) is 18.1. The largest absolute Gasteiger partial charge is 0.480 e. The van der Waals surface area contributed by atoms with Gasteiger partial charge in [0.25, 0.3) is 0 Å². The van der Waals surface area contributed by atoms with Crippen molar-refractivity contribution >= 4 is 11.9 Å². The van der Waals surface area contributed by atoms with Crippen LogP contribution in [0.1, 0.15) is 96.8 Å². The zero-order valence-electron chi connectivity index (χ0n) is 18.1. The van der Waals surface area contributed by atoms with E-state index in [0.29, 0.717) is 26.1 Å². The molecule has 3 N–H and O–H groups in total. The van der Waals surface area contributed by atoms with Crippen molar-refractivity contribution in [3.63, 3.8) is 0 Å². The highest BCUT2D eigenvalue weighted by molar-refractivity contribution is 5.76. The Balaban J connectivity index is 3.55. The molecule has 28 heavy (non-hydrogen) atoms. The van der Waals surface area contributed by atoms with Gasteiger partial charge in [-0.25, -0.2) is 0 Å². The number of aliphatic hydroxyl groups is 1. The molecule has 0 aromatic carbocycles. The highest BCUT2D eigenvalue weighted by Gasteiger charge is 2.12. The van der Waals surface area contributed by atoms with E-state index in [1.165, 1.54) is 70.6 Å². The molecule has 0 saturated heterocycles. The number of nitrogens with zero attached hydrogens (tertiary/aromatic N) is 1. The first kappa shape index (κ1) is 26.9. The number of carboxylic acid groups (broad SMARTS) is 1. The van der Waals surface area contributed by atoms with Gasteiger partial charge >= 0.3 is 5.97 Å². The zero-order chi connectivity index (χ0) is 20.9. The van der Waals surface area contributed by atoms with Crippen molar-refractivity contribution in [2.24, 2.45) is 0 Å². The summed E-state index contributed by atoms with van der Waals surface area (Å²) in [5.41, 5.74) is 0. The van der Waals surface area contributed by atoms with Crippen LogP contribution in [0.2, 0.25) is 0 Å². The van der Waals surface area contributed by atoms with Crippen LogP contribution in [-0.4, -0.2) is 59.8 Å². The molecular weight excluding hydrogens is 356 g/mol. The maximum Gasteiger partial charge on any atom is 0.317 e. The predicted molar refractivity (Wildman–Crippen MR) is 114 cm³/mol. The second-order valence-electron chi connectivity index (χ2n) is 7.67. The van der Waals surface area contributed by atoms with E-state index in [0.717, 1.165) is 12.8 Å². The van der Waals surface area contributed by atoms with Gasteiger partial charge in [-0.1, -0.05) is 84.0 Å². The lowest BCUT2D eigenvalue weighted by atomic mass is 10.0. The summed E-state index contributed by atoms with van der Waals surface area (Å²) in [6.07, 6.45) is 17.1. The van der Waals surface area contributed by atoms with Gasteiger partial charge in [-0.05, 0) is 6.42 Å². The third-order valence-corrected chi connectivity index (χ3v) is 5.05. The number of carbonyl (C=O) groups is 2. The summed E-state index contributed by atoms with van der Waals surface area (Å²) in [7, 11) is 0. The van der Waals surface area contributed by atoms with Crippen molar-refractivity contribution in [1.82, 2.24) is 10.2 Å². The fraction of sp³-hybridized carbons (Fsp3) is 0.909. The Morgan fingerprint density at radius 3 is 1.75 bits per heavy atom. The lowest BCUT2D eigenvalue weighted by molar-refractivity contribution is -0.135. The standard InChI is InChI=1S/C22H44N2O4/c1-2-3-4-5-6-7-8-9-10-11-12-13-14-15-21(26)24(18-19-25)17-16-23-20-22(27)28/h23,25H,2-20H2,1H3,(H,27,28). The molecule has 0 fully saturated rings. The smallest absolute Gasteiger partial charge is 0.317 e. The van der Waals surface area contributed by atoms with Gasteiger partial charge in [0.2, 0.25) is 5.91 Å². The van der Waals surface area contributed by atoms with Gasteiger partial charge in [-0.3, -0.25) is 9.59 Å². The lowest BCUT2D eigenvalue weighted by Gasteiger charge is -2.22. The first-order valence-corrected chi connectivity index (χ1v) is 11.4. The number of rotatable bonds is 21. The Hall–Kier alpha value is -1.14. The Morgan fingerprint density at radius 2 is 1.29 bits per heavy atom. The summed E-state index contributed by atoms with van der Waals surface area (Å²) in [4.78, 5) is 24.3. The van der Waals surface area contributed by atoms with Crippen molar-refractivity contribution in [3.8, 4) is 0 Å². The molecule has 0 aromatic rings. The van der Waals surface area contributed by atoms with Gasteiger partial charge < -0.3 is 20.4 Å². The molecule has 0 atom stereocenters. The van der Waals surface area contributed by atoms with Gasteiger partial charge in [-0.2, -0.15) is 0 Å². The van der Waals surface area contributed by atoms with Crippen molar-refractivity contribution in [2.75, 3.05) is 32.8 Å². The van der Waals surface area contributed by atoms with Gasteiger partial charge in [0.1, 0.15) is 0 Å². The monoisotopic (exact) mass is 400 g/mol. The number of unbranched alkanes of at least 4 members (excludes halogenated alkanes) is 12. The van der Waals surface area contributed by atoms with E-state index in [1.807, 2.05) is 0 Å². The van der Waals surface area contributed by atoms with Crippen LogP contribution in [0.3, 0.4) is 0 Å². The number of aliphatic hydroxyl groups excluding tert-OH is 1. The Labute approximate surface area is 172 Å². The van der Waals surface area contributed by atoms with E-state index in [2.05, 4.69) is 12.2 Å². The molecule has 0 aliphatic carbocycles. The summed E-state index contributed by atoms with van der Waals surface area (Å²) in [6.45, 7) is 3.25. The van der Waals surface area contributed by atoms with Crippen LogP contribution < -0.4 is 5.32 Å². The molecule has 0 bridgehead atoms. The van der Waals surface area contributed by atoms with E-state index >= 15 is 0 Å². The number of amides is 1. The quantitative estimate of drug-likeness (QED) is 0.254. The molecule has 0 aliphatic heterocycles. The minimum atomic E-state index is -0.910. The molecule has 0 rings (SSSR count). The molecule has 6 heteroatoms. The van der Waals surface area contributed by atoms with E-state index in [9.17, 15) is 9.59 Å². The van der Waals surface area contributed by atoms with Crippen LogP contribution in [0.4, 0.5) is 0 Å². The van der Waals surface area contributed by atoms with Crippen LogP contribution in [-0.2, 0) is 9.59 Å². The second kappa shape index (κ2) is 20.6. The summed E-state index contributed by atoms with van der Waals surface area (Å²) in [5, 5.41) is 20.5. The topological polar surface area (TPSA) is 89.9 Å². The minimum absolute atomic E-state index is 0.0502. The first-order chi connectivity index (χ1) is 13.6. The number of nitrogens with one attached hydrogen (secondary N) is 1. The summed E-state index contributed by atoms with van der Waals surface area (Å²) in [6, 6.07) is 0. The second-order valence-corrected chi connectivity index (χ2v) is 7.67. The normalized spacial score (nSPS) is 10.9. The van der Waals surface area contributed by atoms with Crippen LogP contribution in [0.25, 0.3) is 0 Å². The fourth-order valence-electron chi connectivity index (χ4n) is 3.34. The molecule has 0 saturated carbocycles. The molecule has 6 nitrogen and oxygen atoms in total. The van der Waals surface area contributed by atoms with E-state index in [-0.39, 0.29) is 19.1 Å². The number of hydrogen-bond acceptors (Lipinski definition) is 4. The molecule has 0 heterocycles. The Kier molecular flexibility index (Phi) is 19.8. The lowest BCUT2D eigenvalue weighted by Crippen LogP contribution is -2.39. The third-order valence-electron chi connectivity index (χ3n) is 5.05. The summed E-state index contributed by atoms with van der Waals surface area (Å²) < 4.78 is 0. The number of carbonyl (C=O) groups excluding carboxylic acids is 1. The van der Waals surface area contributed by atoms with Gasteiger partial charge in [0.05, 0.1) is 13.2 Å². The summed E-state index contributed by atoms with van der Waals surface area (Å²) in [5.74, 6) is -0.860. The molecule has 0 aliphatic rings. The molecule has 166 valence electrons. The van der Waals surface area contributed by atoms with Crippen molar-refractivity contribution in [1.29, 1.82) is 0 Å². The predicted octanol–water partition coefficient (Wildman–Crippen LogP) is 3.96. The molecular formula is C22H44N2O4. The maximum atomic E-state index is 12.2. The van der Waals surface area contributed by atoms with E-state index in [4.69, 9.17) is 10.2 Å². The Bertz CT molecular complexity index is 378. The molecule has 0 unspecified atom stereocenters. The number of carboxylic acids is 1. The maximum absolute atomic E-state index is 12.2. The number of aliphatic carboxylic acids is 1. The van der Waals surface area contributed by atoms with Crippen molar-refractivity contribution in [2.45, 2.75) is 96.8 Å². The van der Waals surface area contributed by atoms with Crippen LogP contribution in [0.15, 0.2) is 0 Å². The third kappa shape index (κ3) is 18.2. The highest BCUT2D eigenvalue weighted by atomic mass is 16.4. The fourth-order valence-corrected chi connectivity index (χ4v) is 3.34. The van der Waals surface area contributed by atoms with Crippen LogP contribution >= 0.6 is 0 Å². The Morgan fingerprint density at radius 1 is 0.786 bits per heavy atom. The molecule has 0 aromatic heterocycles. The molecule has 0 spiro atoms. The average molecular weight is 401 g/mol. The molecule has 0 radical (unpaired) electrons. The minimum Gasteiger partial charge on any atom is -0.480 e. The van der Waals surface area contributed by atoms with Gasteiger partial charge in [0.15, 0.2) is 0 Å². The summed E-state index contributed by atoms with van der Waals surface area (Å²) >= 11 is 0. The average Bonchev–Trinajstić information content (AvgIpc) is 2.67. The van der Waals surface area contributed by atoms with Crippen molar-refractivity contribution < 1.29 is 19.8 Å². The highest BCUT2D eigenvalue weighted by Crippen LogP contribution is 2.13. The van der Waals surface area contributed by atoms with Crippen molar-refractivity contribution in [3.05, 3.63) is 0 Å². The first-order valence-electron chi connectivity index (χ1n) is 11.4. The van der Waals surface area contributed by atoms with Gasteiger partial charge in [-0.15, -0.1) is 0 Å². The van der Waals surface area contributed by atoms with E-state index < -0.39 is 5.97 Å².